The van der Waals surface area contributed by atoms with Gasteiger partial charge in [-0.2, -0.15) is 0 Å². The average Bonchev–Trinajstić information content (AvgIpc) is 2.83. The molecule has 1 unspecified atom stereocenters. The molecule has 4 rings (SSSR count). The summed E-state index contributed by atoms with van der Waals surface area (Å²) < 4.78 is 0. The maximum absolute atomic E-state index is 12.5. The summed E-state index contributed by atoms with van der Waals surface area (Å²) in [6.45, 7) is 7.53. The standard InChI is InChI=1S/C21H34O/c1-4-14-7-9-16-15-8-10-18-19(22)6-5-12-21(18,3)17(15)11-13-20(14,16)2/h14-18H,4-13H2,1-3H3/t14-,15-,16-,17-,18?,20+,21+/m0/s1. The third-order valence-electron chi connectivity index (χ3n) is 9.09. The van der Waals surface area contributed by atoms with E-state index >= 15 is 0 Å². The Hall–Kier alpha value is -0.330. The van der Waals surface area contributed by atoms with Crippen molar-refractivity contribution in [1.82, 2.24) is 0 Å². The summed E-state index contributed by atoms with van der Waals surface area (Å²) in [5, 5.41) is 0. The van der Waals surface area contributed by atoms with E-state index in [1.165, 1.54) is 51.4 Å². The van der Waals surface area contributed by atoms with Crippen molar-refractivity contribution in [3.63, 3.8) is 0 Å². The number of fused-ring (bicyclic) bond motifs is 5. The van der Waals surface area contributed by atoms with Gasteiger partial charge in [-0.3, -0.25) is 4.79 Å². The molecule has 0 aromatic heterocycles. The van der Waals surface area contributed by atoms with Crippen LogP contribution in [0.5, 0.6) is 0 Å². The van der Waals surface area contributed by atoms with Crippen molar-refractivity contribution < 1.29 is 4.79 Å². The molecule has 0 heterocycles. The van der Waals surface area contributed by atoms with E-state index in [9.17, 15) is 4.79 Å². The van der Waals surface area contributed by atoms with Gasteiger partial charge in [0.15, 0.2) is 0 Å². The van der Waals surface area contributed by atoms with Crippen LogP contribution in [-0.2, 0) is 4.79 Å². The van der Waals surface area contributed by atoms with Gasteiger partial charge in [0.2, 0.25) is 0 Å². The molecule has 7 atom stereocenters. The monoisotopic (exact) mass is 302 g/mol. The minimum Gasteiger partial charge on any atom is -0.299 e. The number of carbonyl (C=O) groups is 1. The van der Waals surface area contributed by atoms with Crippen LogP contribution in [0.3, 0.4) is 0 Å². The fraction of sp³-hybridized carbons (Fsp3) is 0.952. The van der Waals surface area contributed by atoms with Crippen molar-refractivity contribution in [2.24, 2.45) is 40.4 Å². The lowest BCUT2D eigenvalue weighted by atomic mass is 9.44. The summed E-state index contributed by atoms with van der Waals surface area (Å²) in [6, 6.07) is 0. The largest absolute Gasteiger partial charge is 0.299 e. The normalized spacial score (nSPS) is 54.5. The van der Waals surface area contributed by atoms with Gasteiger partial charge in [-0.1, -0.05) is 27.2 Å². The van der Waals surface area contributed by atoms with E-state index in [0.29, 0.717) is 22.5 Å². The summed E-state index contributed by atoms with van der Waals surface area (Å²) in [4.78, 5) is 12.5. The first kappa shape index (κ1) is 15.2. The molecule has 0 aromatic rings. The maximum Gasteiger partial charge on any atom is 0.136 e. The zero-order chi connectivity index (χ0) is 15.5. The molecule has 124 valence electrons. The molecule has 4 saturated carbocycles. The molecule has 0 amide bonds. The topological polar surface area (TPSA) is 17.1 Å². The molecule has 0 aliphatic heterocycles. The van der Waals surface area contributed by atoms with E-state index in [0.717, 1.165) is 36.5 Å². The first-order chi connectivity index (χ1) is 10.5. The predicted octanol–water partition coefficient (Wildman–Crippen LogP) is 5.62. The van der Waals surface area contributed by atoms with Crippen LogP contribution in [0.15, 0.2) is 0 Å². The van der Waals surface area contributed by atoms with Crippen LogP contribution in [-0.4, -0.2) is 5.78 Å². The number of carbonyl (C=O) groups excluding carboxylic acids is 1. The molecule has 0 bridgehead atoms. The van der Waals surface area contributed by atoms with Crippen molar-refractivity contribution in [1.29, 1.82) is 0 Å². The highest BCUT2D eigenvalue weighted by molar-refractivity contribution is 5.82. The second-order valence-corrected chi connectivity index (χ2v) is 9.56. The highest BCUT2D eigenvalue weighted by atomic mass is 16.1. The highest BCUT2D eigenvalue weighted by Crippen LogP contribution is 2.67. The lowest BCUT2D eigenvalue weighted by Gasteiger charge is -2.60. The quantitative estimate of drug-likeness (QED) is 0.614. The molecule has 1 nitrogen and oxygen atoms in total. The Bertz CT molecular complexity index is 469. The van der Waals surface area contributed by atoms with Crippen LogP contribution in [0, 0.1) is 40.4 Å². The zero-order valence-electron chi connectivity index (χ0n) is 14.9. The fourth-order valence-electron chi connectivity index (χ4n) is 7.94. The van der Waals surface area contributed by atoms with Gasteiger partial charge < -0.3 is 0 Å². The smallest absolute Gasteiger partial charge is 0.136 e. The van der Waals surface area contributed by atoms with Crippen molar-refractivity contribution in [3.8, 4) is 0 Å². The molecular formula is C21H34O. The minimum absolute atomic E-state index is 0.351. The molecule has 0 aromatic carbocycles. The number of ketones is 1. The Kier molecular flexibility index (Phi) is 3.51. The summed E-state index contributed by atoms with van der Waals surface area (Å²) in [6.07, 6.45) is 13.1. The van der Waals surface area contributed by atoms with E-state index in [-0.39, 0.29) is 0 Å². The van der Waals surface area contributed by atoms with E-state index < -0.39 is 0 Å². The SMILES string of the molecule is CC[C@H]1CC[C@H]2[C@@H]3CCC4C(=O)CCC[C@]4(C)[C@H]3CC[C@]12C. The molecule has 4 aliphatic carbocycles. The summed E-state index contributed by atoms with van der Waals surface area (Å²) in [7, 11) is 0. The Morgan fingerprint density at radius 2 is 1.73 bits per heavy atom. The summed E-state index contributed by atoms with van der Waals surface area (Å²) >= 11 is 0. The Morgan fingerprint density at radius 1 is 0.955 bits per heavy atom. The molecule has 0 N–H and O–H groups in total. The van der Waals surface area contributed by atoms with Crippen LogP contribution in [0.1, 0.15) is 85.0 Å². The van der Waals surface area contributed by atoms with Crippen molar-refractivity contribution in [2.45, 2.75) is 85.0 Å². The summed E-state index contributed by atoms with van der Waals surface area (Å²) in [5.41, 5.74) is 0.974. The molecule has 0 radical (unpaired) electrons. The predicted molar refractivity (Wildman–Crippen MR) is 90.5 cm³/mol. The van der Waals surface area contributed by atoms with Gasteiger partial charge in [-0.15, -0.1) is 0 Å². The fourth-order valence-corrected chi connectivity index (χ4v) is 7.94. The number of rotatable bonds is 1. The van der Waals surface area contributed by atoms with Gasteiger partial charge in [0.1, 0.15) is 5.78 Å². The lowest BCUT2D eigenvalue weighted by molar-refractivity contribution is -0.148. The number of hydrogen-bond acceptors (Lipinski definition) is 1. The van der Waals surface area contributed by atoms with E-state index in [1.807, 2.05) is 0 Å². The van der Waals surface area contributed by atoms with Gasteiger partial charge in [0.25, 0.3) is 0 Å². The van der Waals surface area contributed by atoms with E-state index in [4.69, 9.17) is 0 Å². The molecule has 22 heavy (non-hydrogen) atoms. The Morgan fingerprint density at radius 3 is 2.50 bits per heavy atom. The molecule has 4 aliphatic rings. The van der Waals surface area contributed by atoms with E-state index in [1.54, 1.807) is 0 Å². The average molecular weight is 303 g/mol. The molecular weight excluding hydrogens is 268 g/mol. The Balaban J connectivity index is 1.64. The first-order valence-corrected chi connectivity index (χ1v) is 10.0. The van der Waals surface area contributed by atoms with Gasteiger partial charge in [0, 0.05) is 12.3 Å². The first-order valence-electron chi connectivity index (χ1n) is 10.0. The van der Waals surface area contributed by atoms with Crippen molar-refractivity contribution in [3.05, 3.63) is 0 Å². The molecule has 0 spiro atoms. The van der Waals surface area contributed by atoms with Crippen LogP contribution in [0.2, 0.25) is 0 Å². The Labute approximate surface area is 136 Å². The van der Waals surface area contributed by atoms with Gasteiger partial charge >= 0.3 is 0 Å². The van der Waals surface area contributed by atoms with Crippen LogP contribution in [0.4, 0.5) is 0 Å². The third-order valence-corrected chi connectivity index (χ3v) is 9.09. The number of hydrogen-bond donors (Lipinski definition) is 0. The van der Waals surface area contributed by atoms with Gasteiger partial charge in [0.05, 0.1) is 0 Å². The molecule has 0 saturated heterocycles. The lowest BCUT2D eigenvalue weighted by Crippen LogP contribution is -2.54. The van der Waals surface area contributed by atoms with Gasteiger partial charge in [-0.25, -0.2) is 0 Å². The molecule has 1 heteroatoms. The highest BCUT2D eigenvalue weighted by Gasteiger charge is 2.60. The van der Waals surface area contributed by atoms with Crippen LogP contribution < -0.4 is 0 Å². The van der Waals surface area contributed by atoms with E-state index in [2.05, 4.69) is 20.8 Å². The number of Topliss-reactive ketones (excluding diaryl/α,β-unsaturated/α-hetero) is 1. The van der Waals surface area contributed by atoms with Gasteiger partial charge in [-0.05, 0) is 85.9 Å². The van der Waals surface area contributed by atoms with Crippen molar-refractivity contribution >= 4 is 5.78 Å². The summed E-state index contributed by atoms with van der Waals surface area (Å²) in [5.74, 6) is 4.74. The van der Waals surface area contributed by atoms with Crippen molar-refractivity contribution in [2.75, 3.05) is 0 Å². The minimum atomic E-state index is 0.351. The second-order valence-electron chi connectivity index (χ2n) is 9.56. The molecule has 4 fully saturated rings. The third kappa shape index (κ3) is 1.86. The second kappa shape index (κ2) is 5.08. The van der Waals surface area contributed by atoms with Crippen LogP contribution in [0.25, 0.3) is 0 Å². The zero-order valence-corrected chi connectivity index (χ0v) is 14.9. The maximum atomic E-state index is 12.5. The van der Waals surface area contributed by atoms with Crippen LogP contribution >= 0.6 is 0 Å².